The van der Waals surface area contributed by atoms with Crippen LogP contribution >= 0.6 is 12.2 Å². The molecule has 0 aliphatic heterocycles. The van der Waals surface area contributed by atoms with E-state index in [0.717, 1.165) is 16.9 Å². The molecule has 1 aromatic heterocycles. The van der Waals surface area contributed by atoms with Crippen LogP contribution in [-0.4, -0.2) is 22.6 Å². The summed E-state index contributed by atoms with van der Waals surface area (Å²) in [7, 11) is 1.63. The van der Waals surface area contributed by atoms with Gasteiger partial charge in [-0.25, -0.2) is 0 Å². The van der Waals surface area contributed by atoms with Crippen LogP contribution < -0.4 is 15.6 Å². The highest BCUT2D eigenvalue weighted by atomic mass is 32.1. The highest BCUT2D eigenvalue weighted by molar-refractivity contribution is 7.71. The van der Waals surface area contributed by atoms with Crippen molar-refractivity contribution in [2.75, 3.05) is 12.4 Å². The van der Waals surface area contributed by atoms with E-state index in [1.807, 2.05) is 37.3 Å². The number of carbonyl (C=O) groups is 1. The fraction of sp³-hybridized carbons (Fsp3) is 0.160. The Hall–Kier alpha value is -3.71. The van der Waals surface area contributed by atoms with Gasteiger partial charge in [0.2, 0.25) is 0 Å². The minimum absolute atomic E-state index is 0.168. The molecule has 0 radical (unpaired) electrons. The summed E-state index contributed by atoms with van der Waals surface area (Å²) in [4.78, 5) is 28.5. The summed E-state index contributed by atoms with van der Waals surface area (Å²) in [6.07, 6.45) is 0.684. The number of benzene rings is 3. The summed E-state index contributed by atoms with van der Waals surface area (Å²) in [6.45, 7) is 2.34. The van der Waals surface area contributed by atoms with Crippen molar-refractivity contribution in [1.82, 2.24) is 9.55 Å². The van der Waals surface area contributed by atoms with Crippen molar-refractivity contribution >= 4 is 34.7 Å². The van der Waals surface area contributed by atoms with Gasteiger partial charge in [0.15, 0.2) is 4.77 Å². The molecule has 6 nitrogen and oxygen atoms in total. The first-order chi connectivity index (χ1) is 15.5. The number of nitrogens with zero attached hydrogens (tertiary/aromatic N) is 1. The number of rotatable bonds is 6. The van der Waals surface area contributed by atoms with Crippen LogP contribution in [0.2, 0.25) is 0 Å². The lowest BCUT2D eigenvalue weighted by Gasteiger charge is -2.12. The number of anilines is 1. The molecule has 4 aromatic rings. The van der Waals surface area contributed by atoms with Crippen LogP contribution in [0.3, 0.4) is 0 Å². The average Bonchev–Trinajstić information content (AvgIpc) is 2.80. The fourth-order valence-corrected chi connectivity index (χ4v) is 4.02. The Bertz CT molecular complexity index is 1410. The van der Waals surface area contributed by atoms with E-state index in [1.165, 1.54) is 4.57 Å². The van der Waals surface area contributed by atoms with Crippen LogP contribution in [-0.2, 0) is 13.0 Å². The molecule has 0 spiro atoms. The lowest BCUT2D eigenvalue weighted by molar-refractivity contribution is 0.102. The fourth-order valence-electron chi connectivity index (χ4n) is 3.70. The third-order valence-corrected chi connectivity index (χ3v) is 5.66. The van der Waals surface area contributed by atoms with Gasteiger partial charge in [-0.2, -0.15) is 0 Å². The SMILES string of the molecule is CCn1c(=S)[nH]c2cc(C(=O)Nc3ccc(OC)c(Cc4ccccc4)c3)ccc2c1=O. The molecule has 0 unspecified atom stereocenters. The van der Waals surface area contributed by atoms with E-state index >= 15 is 0 Å². The van der Waals surface area contributed by atoms with Crippen LogP contribution in [0.4, 0.5) is 5.69 Å². The lowest BCUT2D eigenvalue weighted by Crippen LogP contribution is -2.21. The van der Waals surface area contributed by atoms with Crippen LogP contribution in [0.5, 0.6) is 5.75 Å². The Balaban J connectivity index is 1.62. The van der Waals surface area contributed by atoms with Crippen LogP contribution in [0, 0.1) is 4.77 Å². The largest absolute Gasteiger partial charge is 0.496 e. The molecule has 0 saturated carbocycles. The first-order valence-electron chi connectivity index (χ1n) is 10.3. The van der Waals surface area contributed by atoms with E-state index in [9.17, 15) is 9.59 Å². The van der Waals surface area contributed by atoms with Crippen LogP contribution in [0.15, 0.2) is 71.5 Å². The third kappa shape index (κ3) is 4.33. The van der Waals surface area contributed by atoms with Gasteiger partial charge >= 0.3 is 0 Å². The number of methoxy groups -OCH3 is 1. The molecule has 0 aliphatic carbocycles. The summed E-state index contributed by atoms with van der Waals surface area (Å²) in [6, 6.07) is 20.6. The molecule has 0 fully saturated rings. The van der Waals surface area contributed by atoms with Crippen molar-refractivity contribution in [2.24, 2.45) is 0 Å². The highest BCUT2D eigenvalue weighted by Gasteiger charge is 2.12. The summed E-state index contributed by atoms with van der Waals surface area (Å²) >= 11 is 5.27. The Morgan fingerprint density at radius 3 is 2.59 bits per heavy atom. The van der Waals surface area contributed by atoms with Crippen molar-refractivity contribution in [1.29, 1.82) is 0 Å². The molecule has 0 aliphatic rings. The molecule has 32 heavy (non-hydrogen) atoms. The van der Waals surface area contributed by atoms with Crippen LogP contribution in [0.1, 0.15) is 28.4 Å². The second kappa shape index (κ2) is 9.20. The quantitative estimate of drug-likeness (QED) is 0.413. The number of hydrogen-bond acceptors (Lipinski definition) is 4. The monoisotopic (exact) mass is 445 g/mol. The smallest absolute Gasteiger partial charge is 0.262 e. The molecular weight excluding hydrogens is 422 g/mol. The van der Waals surface area contributed by atoms with Gasteiger partial charge in [-0.1, -0.05) is 30.3 Å². The van der Waals surface area contributed by atoms with Gasteiger partial charge < -0.3 is 15.0 Å². The molecule has 162 valence electrons. The van der Waals surface area contributed by atoms with E-state index in [0.29, 0.717) is 39.9 Å². The van der Waals surface area contributed by atoms with Crippen molar-refractivity contribution in [3.63, 3.8) is 0 Å². The van der Waals surface area contributed by atoms with Crippen molar-refractivity contribution in [3.8, 4) is 5.75 Å². The normalized spacial score (nSPS) is 10.8. The average molecular weight is 446 g/mol. The Kier molecular flexibility index (Phi) is 6.18. The Labute approximate surface area is 190 Å². The van der Waals surface area contributed by atoms with Gasteiger partial charge in [0.05, 0.1) is 18.0 Å². The Morgan fingerprint density at radius 1 is 1.09 bits per heavy atom. The van der Waals surface area contributed by atoms with Gasteiger partial charge in [-0.3, -0.25) is 14.2 Å². The summed E-state index contributed by atoms with van der Waals surface area (Å²) < 4.78 is 7.32. The number of hydrogen-bond donors (Lipinski definition) is 2. The second-order valence-corrected chi connectivity index (χ2v) is 7.77. The topological polar surface area (TPSA) is 76.1 Å². The van der Waals surface area contributed by atoms with Crippen molar-refractivity contribution < 1.29 is 9.53 Å². The summed E-state index contributed by atoms with van der Waals surface area (Å²) in [5, 5.41) is 3.43. The van der Waals surface area contributed by atoms with Crippen molar-refractivity contribution in [2.45, 2.75) is 19.9 Å². The molecule has 1 amide bonds. The highest BCUT2D eigenvalue weighted by Crippen LogP contribution is 2.26. The van der Waals surface area contributed by atoms with Gasteiger partial charge in [0, 0.05) is 29.8 Å². The molecule has 2 N–H and O–H groups in total. The zero-order valence-corrected chi connectivity index (χ0v) is 18.7. The second-order valence-electron chi connectivity index (χ2n) is 7.38. The minimum atomic E-state index is -0.276. The first-order valence-corrected chi connectivity index (χ1v) is 10.7. The standard InChI is InChI=1S/C25H23N3O3S/c1-3-28-24(30)20-11-9-17(15-21(20)27-25(28)32)23(29)26-19-10-12-22(31-2)18(14-19)13-16-7-5-4-6-8-16/h4-12,14-15H,3,13H2,1-2H3,(H,26,29)(H,27,32). The number of H-pyrrole nitrogens is 1. The zero-order valence-electron chi connectivity index (χ0n) is 17.8. The lowest BCUT2D eigenvalue weighted by atomic mass is 10.0. The van der Waals surface area contributed by atoms with Gasteiger partial charge in [0.25, 0.3) is 11.5 Å². The van der Waals surface area contributed by atoms with E-state index in [4.69, 9.17) is 17.0 Å². The van der Waals surface area contributed by atoms with Crippen molar-refractivity contribution in [3.05, 3.63) is 98.5 Å². The maximum absolute atomic E-state index is 12.9. The predicted molar refractivity (Wildman–Crippen MR) is 129 cm³/mol. The molecule has 7 heteroatoms. The maximum atomic E-state index is 12.9. The molecule has 0 atom stereocenters. The van der Waals surface area contributed by atoms with Crippen LogP contribution in [0.25, 0.3) is 10.9 Å². The van der Waals surface area contributed by atoms with E-state index in [2.05, 4.69) is 22.4 Å². The summed E-state index contributed by atoms with van der Waals surface area (Å²) in [5.41, 5.74) is 3.58. The number of carbonyl (C=O) groups excluding carboxylic acids is 1. The molecular formula is C25H23N3O3S. The zero-order chi connectivity index (χ0) is 22.7. The number of fused-ring (bicyclic) bond motifs is 1. The summed E-state index contributed by atoms with van der Waals surface area (Å²) in [5.74, 6) is 0.485. The molecule has 0 saturated heterocycles. The van der Waals surface area contributed by atoms with Gasteiger partial charge in [-0.15, -0.1) is 0 Å². The number of ether oxygens (including phenoxy) is 1. The molecule has 0 bridgehead atoms. The number of aromatic amines is 1. The van der Waals surface area contributed by atoms with E-state index < -0.39 is 0 Å². The van der Waals surface area contributed by atoms with E-state index in [1.54, 1.807) is 31.4 Å². The third-order valence-electron chi connectivity index (χ3n) is 5.34. The molecule has 3 aromatic carbocycles. The predicted octanol–water partition coefficient (Wildman–Crippen LogP) is 4.93. The number of amides is 1. The minimum Gasteiger partial charge on any atom is -0.496 e. The first kappa shape index (κ1) is 21.5. The Morgan fingerprint density at radius 2 is 1.88 bits per heavy atom. The number of aromatic nitrogens is 2. The maximum Gasteiger partial charge on any atom is 0.262 e. The van der Waals surface area contributed by atoms with Gasteiger partial charge in [-0.05, 0) is 61.1 Å². The van der Waals surface area contributed by atoms with Gasteiger partial charge in [0.1, 0.15) is 5.75 Å². The molecule has 4 rings (SSSR count). The van der Waals surface area contributed by atoms with E-state index in [-0.39, 0.29) is 11.5 Å². The molecule has 1 heterocycles. The number of nitrogens with one attached hydrogen (secondary N) is 2.